The number of carboxylic acid groups (broad SMARTS) is 4. The Kier molecular flexibility index (Phi) is 9.51. The van der Waals surface area contributed by atoms with Crippen molar-refractivity contribution in [2.75, 3.05) is 0 Å². The topological polar surface area (TPSA) is 168 Å². The molecule has 0 aliphatic heterocycles. The summed E-state index contributed by atoms with van der Waals surface area (Å²) in [5, 5.41) is 30.7. The molecule has 0 radical (unpaired) electrons. The van der Waals surface area contributed by atoms with Crippen LogP contribution in [0.5, 0.6) is 23.0 Å². The Morgan fingerprint density at radius 3 is 0.833 bits per heavy atom. The summed E-state index contributed by atoms with van der Waals surface area (Å²) in [6.45, 7) is 0. The van der Waals surface area contributed by atoms with E-state index in [9.17, 15) is 57.2 Å². The minimum Gasteiger partial charge on any atom is -0.478 e. The summed E-state index contributed by atoms with van der Waals surface area (Å²) in [6.07, 6.45) is 0. The summed E-state index contributed by atoms with van der Waals surface area (Å²) in [5.41, 5.74) is -4.85. The number of aromatic carboxylic acids is 4. The van der Waals surface area contributed by atoms with Gasteiger partial charge in [0.1, 0.15) is 20.1 Å². The molecule has 20 heteroatoms. The third kappa shape index (κ3) is 5.41. The number of carbonyl (C=O) groups is 4. The van der Waals surface area contributed by atoms with Gasteiger partial charge >= 0.3 is 23.9 Å². The smallest absolute Gasteiger partial charge is 0.338 e. The molecule has 0 aliphatic rings. The molecule has 0 heterocycles. The molecule has 0 saturated carbocycles. The Bertz CT molecular complexity index is 1610. The number of ether oxygens (including phenoxy) is 2. The van der Waals surface area contributed by atoms with E-state index in [0.29, 0.717) is 0 Å². The monoisotopic (exact) mass is 714 g/mol. The number of hydrogen-bond donors (Lipinski definition) is 4. The maximum Gasteiger partial charge on any atom is 0.338 e. The lowest BCUT2D eigenvalue weighted by Gasteiger charge is -2.18. The average molecular weight is 717 g/mol. The quantitative estimate of drug-likeness (QED) is 0.131. The van der Waals surface area contributed by atoms with E-state index < -0.39 is 123 Å². The zero-order valence-electron chi connectivity index (χ0n) is 19.0. The van der Waals surface area contributed by atoms with Crippen molar-refractivity contribution in [3.05, 3.63) is 75.7 Å². The molecular formula is C22H4Cl6F4O10. The molecule has 0 bridgehead atoms. The van der Waals surface area contributed by atoms with Gasteiger partial charge in [-0.2, -0.15) is 17.6 Å². The summed E-state index contributed by atoms with van der Waals surface area (Å²) in [6, 6.07) is 0. The number of rotatable bonds is 8. The Balaban J connectivity index is 2.26. The van der Waals surface area contributed by atoms with E-state index in [4.69, 9.17) is 79.1 Å². The lowest BCUT2D eigenvalue weighted by Crippen LogP contribution is -2.12. The van der Waals surface area contributed by atoms with Crippen LogP contribution in [0.1, 0.15) is 41.4 Å². The molecule has 0 aliphatic carbocycles. The Morgan fingerprint density at radius 2 is 0.619 bits per heavy atom. The van der Waals surface area contributed by atoms with Crippen molar-refractivity contribution < 1.29 is 66.6 Å². The molecule has 0 unspecified atom stereocenters. The molecule has 222 valence electrons. The van der Waals surface area contributed by atoms with Crippen molar-refractivity contribution in [1.82, 2.24) is 0 Å². The fraction of sp³-hybridized carbons (Fsp3) is 0. The van der Waals surface area contributed by atoms with E-state index in [2.05, 4.69) is 0 Å². The number of carboxylic acids is 4. The normalized spacial score (nSPS) is 10.9. The first kappa shape index (κ1) is 33.1. The molecule has 0 fully saturated rings. The molecule has 3 aromatic rings. The maximum absolute atomic E-state index is 15.0. The van der Waals surface area contributed by atoms with Gasteiger partial charge in [-0.15, -0.1) is 0 Å². The van der Waals surface area contributed by atoms with Crippen LogP contribution in [-0.2, 0) is 0 Å². The average Bonchev–Trinajstić information content (AvgIpc) is 2.89. The largest absolute Gasteiger partial charge is 0.478 e. The van der Waals surface area contributed by atoms with Gasteiger partial charge in [0, 0.05) is 0 Å². The van der Waals surface area contributed by atoms with Crippen LogP contribution >= 0.6 is 69.6 Å². The Labute approximate surface area is 258 Å². The van der Waals surface area contributed by atoms with Gasteiger partial charge in [-0.05, 0) is 0 Å². The van der Waals surface area contributed by atoms with Crippen LogP contribution in [0, 0.1) is 23.3 Å². The first-order chi connectivity index (χ1) is 19.4. The second kappa shape index (κ2) is 12.1. The van der Waals surface area contributed by atoms with E-state index in [-0.39, 0.29) is 0 Å². The third-order valence-corrected chi connectivity index (χ3v) is 7.40. The predicted octanol–water partition coefficient (Wildman–Crippen LogP) is 8.54. The molecule has 0 spiro atoms. The van der Waals surface area contributed by atoms with Crippen molar-refractivity contribution in [3.8, 4) is 23.0 Å². The number of hydrogen-bond acceptors (Lipinski definition) is 6. The van der Waals surface area contributed by atoms with Gasteiger partial charge in [0.15, 0.2) is 11.5 Å². The van der Waals surface area contributed by atoms with Gasteiger partial charge in [0.2, 0.25) is 34.8 Å². The van der Waals surface area contributed by atoms with Gasteiger partial charge < -0.3 is 29.9 Å². The molecule has 0 atom stereocenters. The van der Waals surface area contributed by atoms with Crippen molar-refractivity contribution in [2.24, 2.45) is 0 Å². The van der Waals surface area contributed by atoms with Crippen molar-refractivity contribution >= 4 is 93.5 Å². The Morgan fingerprint density at radius 1 is 0.405 bits per heavy atom. The zero-order valence-corrected chi connectivity index (χ0v) is 23.6. The fourth-order valence-corrected chi connectivity index (χ4v) is 4.93. The van der Waals surface area contributed by atoms with Crippen LogP contribution in [-0.4, -0.2) is 44.3 Å². The summed E-state index contributed by atoms with van der Waals surface area (Å²) in [5.74, 6) is -23.9. The van der Waals surface area contributed by atoms with Gasteiger partial charge in [-0.1, -0.05) is 69.6 Å². The summed E-state index contributed by atoms with van der Waals surface area (Å²) < 4.78 is 69.5. The first-order valence-corrected chi connectivity index (χ1v) is 12.2. The summed E-state index contributed by atoms with van der Waals surface area (Å²) in [4.78, 5) is 46.1. The molecule has 0 amide bonds. The van der Waals surface area contributed by atoms with Crippen molar-refractivity contribution in [1.29, 1.82) is 0 Å². The lowest BCUT2D eigenvalue weighted by atomic mass is 10.1. The van der Waals surface area contributed by atoms with Gasteiger partial charge in [0.05, 0.1) is 32.3 Å². The van der Waals surface area contributed by atoms with Crippen molar-refractivity contribution in [2.45, 2.75) is 0 Å². The van der Waals surface area contributed by atoms with E-state index in [0.717, 1.165) is 0 Å². The number of halogens is 10. The first-order valence-electron chi connectivity index (χ1n) is 9.92. The highest BCUT2D eigenvalue weighted by Crippen LogP contribution is 2.50. The molecule has 0 saturated heterocycles. The van der Waals surface area contributed by atoms with Gasteiger partial charge in [0.25, 0.3) is 0 Å². The van der Waals surface area contributed by atoms with Crippen LogP contribution in [0.4, 0.5) is 17.6 Å². The highest BCUT2D eigenvalue weighted by molar-refractivity contribution is 6.49. The van der Waals surface area contributed by atoms with Gasteiger partial charge in [-0.3, -0.25) is 0 Å². The van der Waals surface area contributed by atoms with E-state index >= 15 is 0 Å². The lowest BCUT2D eigenvalue weighted by molar-refractivity contribution is 0.0651. The zero-order chi connectivity index (χ0) is 32.1. The fourth-order valence-electron chi connectivity index (χ4n) is 3.23. The summed E-state index contributed by atoms with van der Waals surface area (Å²) in [7, 11) is 0. The predicted molar refractivity (Wildman–Crippen MR) is 137 cm³/mol. The second-order valence-electron chi connectivity index (χ2n) is 7.38. The highest BCUT2D eigenvalue weighted by atomic mass is 35.5. The Hall–Kier alpha value is -3.40. The number of benzene rings is 3. The highest BCUT2D eigenvalue weighted by Gasteiger charge is 2.36. The molecular weight excluding hydrogens is 713 g/mol. The molecule has 4 N–H and O–H groups in total. The molecule has 3 rings (SSSR count). The maximum atomic E-state index is 15.0. The standard InChI is InChI=1S/C22H4Cl6F4O10/c23-5-1(19(33)34)3(21(37)38)7(25)15(9(5)27)41-17-11(29)13(31)18(14(32)12(17)30)42-16-8(26)4(22(39)40)2(20(35)36)6(24)10(16)28/h(H,33,34)(H,35,36)(H,37,38)(H,39,40). The molecule has 3 aromatic carbocycles. The van der Waals surface area contributed by atoms with Crippen LogP contribution in [0.2, 0.25) is 30.1 Å². The van der Waals surface area contributed by atoms with E-state index in [1.54, 1.807) is 0 Å². The van der Waals surface area contributed by atoms with Gasteiger partial charge in [-0.25, -0.2) is 19.2 Å². The minimum atomic E-state index is -2.40. The van der Waals surface area contributed by atoms with Crippen LogP contribution in [0.3, 0.4) is 0 Å². The molecule has 42 heavy (non-hydrogen) atoms. The van der Waals surface area contributed by atoms with Crippen LogP contribution in [0.15, 0.2) is 0 Å². The van der Waals surface area contributed by atoms with Crippen molar-refractivity contribution in [3.63, 3.8) is 0 Å². The van der Waals surface area contributed by atoms with E-state index in [1.807, 2.05) is 0 Å². The minimum absolute atomic E-state index is 1.03. The third-order valence-electron chi connectivity index (χ3n) is 5.01. The molecule has 0 aromatic heterocycles. The SMILES string of the molecule is O=C(O)c1c(Cl)c(Cl)c(Oc2c(F)c(F)c(Oc3c(Cl)c(Cl)c(C(=O)O)c(C(=O)O)c3Cl)c(F)c2F)c(Cl)c1C(=O)O. The molecule has 10 nitrogen and oxygen atoms in total. The second-order valence-corrected chi connectivity index (χ2v) is 9.65. The van der Waals surface area contributed by atoms with E-state index in [1.165, 1.54) is 0 Å². The van der Waals surface area contributed by atoms with Crippen LogP contribution in [0.25, 0.3) is 0 Å². The van der Waals surface area contributed by atoms with Crippen LogP contribution < -0.4 is 9.47 Å². The summed E-state index contributed by atoms with van der Waals surface area (Å²) >= 11 is 34.8.